The van der Waals surface area contributed by atoms with Gasteiger partial charge in [0, 0.05) is 45.4 Å². The Morgan fingerprint density at radius 1 is 1.19 bits per heavy atom. The van der Waals surface area contributed by atoms with Gasteiger partial charge in [-0.2, -0.15) is 0 Å². The number of hydrogen-bond acceptors (Lipinski definition) is 4. The van der Waals surface area contributed by atoms with Crippen LogP contribution >= 0.6 is 0 Å². The number of aliphatic carboxylic acids is 1. The fourth-order valence-electron chi connectivity index (χ4n) is 2.53. The lowest BCUT2D eigenvalue weighted by atomic mass is 10.1. The van der Waals surface area contributed by atoms with Gasteiger partial charge < -0.3 is 9.84 Å². The minimum atomic E-state index is -0.723. The van der Waals surface area contributed by atoms with E-state index in [-0.39, 0.29) is 6.54 Å². The summed E-state index contributed by atoms with van der Waals surface area (Å²) in [4.78, 5) is 15.1. The molecule has 2 fully saturated rings. The summed E-state index contributed by atoms with van der Waals surface area (Å²) >= 11 is 0. The van der Waals surface area contributed by atoms with E-state index in [1.165, 1.54) is 0 Å². The molecule has 0 aromatic rings. The lowest BCUT2D eigenvalue weighted by Crippen LogP contribution is -2.52. The van der Waals surface area contributed by atoms with Crippen LogP contribution < -0.4 is 0 Å². The van der Waals surface area contributed by atoms with Crippen LogP contribution in [0.25, 0.3) is 0 Å². The maximum atomic E-state index is 10.6. The third-order valence-corrected chi connectivity index (χ3v) is 3.47. The highest BCUT2D eigenvalue weighted by Gasteiger charge is 2.25. The van der Waals surface area contributed by atoms with Crippen molar-refractivity contribution in [3.05, 3.63) is 0 Å². The summed E-state index contributed by atoms with van der Waals surface area (Å²) in [7, 11) is 0. The standard InChI is InChI=1S/C11H20N2O3/c14-11(15)9-12-3-5-13(6-4-12)10-1-7-16-8-2-10/h10H,1-9H2,(H,14,15). The van der Waals surface area contributed by atoms with Crippen molar-refractivity contribution in [1.82, 2.24) is 9.80 Å². The van der Waals surface area contributed by atoms with Gasteiger partial charge in [0.15, 0.2) is 0 Å². The molecule has 2 aliphatic rings. The van der Waals surface area contributed by atoms with Gasteiger partial charge in [-0.25, -0.2) is 0 Å². The topological polar surface area (TPSA) is 53.0 Å². The lowest BCUT2D eigenvalue weighted by Gasteiger charge is -2.40. The van der Waals surface area contributed by atoms with Crippen LogP contribution in [-0.4, -0.2) is 72.9 Å². The molecule has 0 aromatic heterocycles. The average Bonchev–Trinajstić information content (AvgIpc) is 2.30. The Morgan fingerprint density at radius 2 is 1.81 bits per heavy atom. The molecular weight excluding hydrogens is 208 g/mol. The molecule has 2 rings (SSSR count). The maximum Gasteiger partial charge on any atom is 0.317 e. The van der Waals surface area contributed by atoms with Crippen LogP contribution in [0.3, 0.4) is 0 Å². The number of carboxylic acid groups (broad SMARTS) is 1. The number of ether oxygens (including phenoxy) is 1. The minimum absolute atomic E-state index is 0.182. The van der Waals surface area contributed by atoms with E-state index in [0.29, 0.717) is 6.04 Å². The van der Waals surface area contributed by atoms with Crippen molar-refractivity contribution in [1.29, 1.82) is 0 Å². The van der Waals surface area contributed by atoms with E-state index in [0.717, 1.165) is 52.2 Å². The van der Waals surface area contributed by atoms with Crippen LogP contribution in [0.2, 0.25) is 0 Å². The van der Waals surface area contributed by atoms with Crippen LogP contribution in [0.5, 0.6) is 0 Å². The van der Waals surface area contributed by atoms with Crippen LogP contribution in [-0.2, 0) is 9.53 Å². The summed E-state index contributed by atoms with van der Waals surface area (Å²) in [5, 5.41) is 8.71. The summed E-state index contributed by atoms with van der Waals surface area (Å²) in [5.41, 5.74) is 0. The number of rotatable bonds is 3. The molecule has 0 unspecified atom stereocenters. The predicted molar refractivity (Wildman–Crippen MR) is 59.5 cm³/mol. The van der Waals surface area contributed by atoms with Gasteiger partial charge in [-0.1, -0.05) is 0 Å². The quantitative estimate of drug-likeness (QED) is 0.729. The molecule has 0 saturated carbocycles. The van der Waals surface area contributed by atoms with E-state index in [1.807, 2.05) is 4.90 Å². The van der Waals surface area contributed by atoms with Crippen LogP contribution in [0.4, 0.5) is 0 Å². The normalized spacial score (nSPS) is 25.8. The summed E-state index contributed by atoms with van der Waals surface area (Å²) < 4.78 is 5.35. The molecule has 1 N–H and O–H groups in total. The Morgan fingerprint density at radius 3 is 2.38 bits per heavy atom. The molecule has 0 atom stereocenters. The minimum Gasteiger partial charge on any atom is -0.480 e. The van der Waals surface area contributed by atoms with Gasteiger partial charge in [0.25, 0.3) is 0 Å². The molecule has 0 radical (unpaired) electrons. The van der Waals surface area contributed by atoms with Gasteiger partial charge in [-0.3, -0.25) is 14.6 Å². The molecule has 92 valence electrons. The van der Waals surface area contributed by atoms with Crippen molar-refractivity contribution in [2.45, 2.75) is 18.9 Å². The van der Waals surface area contributed by atoms with E-state index in [2.05, 4.69) is 4.90 Å². The highest BCUT2D eigenvalue weighted by molar-refractivity contribution is 5.69. The first-order valence-corrected chi connectivity index (χ1v) is 6.01. The van der Waals surface area contributed by atoms with E-state index in [1.54, 1.807) is 0 Å². The zero-order valence-corrected chi connectivity index (χ0v) is 9.60. The molecule has 2 saturated heterocycles. The third-order valence-electron chi connectivity index (χ3n) is 3.47. The molecule has 0 bridgehead atoms. The van der Waals surface area contributed by atoms with Gasteiger partial charge >= 0.3 is 5.97 Å². The van der Waals surface area contributed by atoms with Crippen molar-refractivity contribution >= 4 is 5.97 Å². The zero-order chi connectivity index (χ0) is 11.4. The Bertz CT molecular complexity index is 233. The highest BCUT2D eigenvalue weighted by atomic mass is 16.5. The molecule has 5 nitrogen and oxygen atoms in total. The van der Waals surface area contributed by atoms with Gasteiger partial charge in [-0.05, 0) is 12.8 Å². The number of carbonyl (C=O) groups is 1. The SMILES string of the molecule is O=C(O)CN1CCN(C2CCOCC2)CC1. The summed E-state index contributed by atoms with van der Waals surface area (Å²) in [6.45, 7) is 5.69. The maximum absolute atomic E-state index is 10.6. The molecule has 0 aromatic carbocycles. The molecule has 0 aliphatic carbocycles. The van der Waals surface area contributed by atoms with Crippen LogP contribution in [0.15, 0.2) is 0 Å². The Kier molecular flexibility index (Phi) is 4.15. The lowest BCUT2D eigenvalue weighted by molar-refractivity contribution is -0.138. The van der Waals surface area contributed by atoms with Crippen LogP contribution in [0, 0.1) is 0 Å². The van der Waals surface area contributed by atoms with Crippen molar-refractivity contribution in [3.63, 3.8) is 0 Å². The zero-order valence-electron chi connectivity index (χ0n) is 9.60. The molecule has 5 heteroatoms. The molecule has 2 aliphatic heterocycles. The van der Waals surface area contributed by atoms with Gasteiger partial charge in [0.2, 0.25) is 0 Å². The van der Waals surface area contributed by atoms with Crippen molar-refractivity contribution in [3.8, 4) is 0 Å². The molecule has 0 amide bonds. The number of hydrogen-bond donors (Lipinski definition) is 1. The monoisotopic (exact) mass is 228 g/mol. The second-order valence-corrected chi connectivity index (χ2v) is 4.55. The molecule has 16 heavy (non-hydrogen) atoms. The second kappa shape index (κ2) is 5.61. The summed E-state index contributed by atoms with van der Waals surface area (Å²) in [6, 6.07) is 0.653. The van der Waals surface area contributed by atoms with E-state index >= 15 is 0 Å². The first-order valence-electron chi connectivity index (χ1n) is 6.01. The van der Waals surface area contributed by atoms with E-state index in [4.69, 9.17) is 9.84 Å². The van der Waals surface area contributed by atoms with Crippen molar-refractivity contribution < 1.29 is 14.6 Å². The van der Waals surface area contributed by atoms with E-state index < -0.39 is 5.97 Å². The first-order chi connectivity index (χ1) is 7.75. The van der Waals surface area contributed by atoms with Gasteiger partial charge in [0.05, 0.1) is 6.54 Å². The molecule has 0 spiro atoms. The first kappa shape index (κ1) is 11.8. The fourth-order valence-corrected chi connectivity index (χ4v) is 2.53. The largest absolute Gasteiger partial charge is 0.480 e. The Labute approximate surface area is 96.0 Å². The Balaban J connectivity index is 1.73. The summed E-state index contributed by atoms with van der Waals surface area (Å²) in [5.74, 6) is -0.723. The van der Waals surface area contributed by atoms with Crippen molar-refractivity contribution in [2.24, 2.45) is 0 Å². The number of carboxylic acids is 1. The summed E-state index contributed by atoms with van der Waals surface area (Å²) in [6.07, 6.45) is 2.25. The molecular formula is C11H20N2O3. The van der Waals surface area contributed by atoms with E-state index in [9.17, 15) is 4.79 Å². The molecule has 2 heterocycles. The number of piperazine rings is 1. The van der Waals surface area contributed by atoms with Gasteiger partial charge in [-0.15, -0.1) is 0 Å². The fraction of sp³-hybridized carbons (Fsp3) is 0.909. The van der Waals surface area contributed by atoms with Crippen molar-refractivity contribution in [2.75, 3.05) is 45.9 Å². The average molecular weight is 228 g/mol. The van der Waals surface area contributed by atoms with Gasteiger partial charge in [0.1, 0.15) is 0 Å². The second-order valence-electron chi connectivity index (χ2n) is 4.55. The number of nitrogens with zero attached hydrogens (tertiary/aromatic N) is 2. The van der Waals surface area contributed by atoms with Crippen LogP contribution in [0.1, 0.15) is 12.8 Å². The third kappa shape index (κ3) is 3.17. The Hall–Kier alpha value is -0.650. The predicted octanol–water partition coefficient (Wildman–Crippen LogP) is -0.132. The smallest absolute Gasteiger partial charge is 0.317 e. The highest BCUT2D eigenvalue weighted by Crippen LogP contribution is 2.16.